The fourth-order valence-electron chi connectivity index (χ4n) is 2.47. The minimum Gasteiger partial charge on any atom is -0.392 e. The first kappa shape index (κ1) is 16.4. The van der Waals surface area contributed by atoms with Crippen molar-refractivity contribution < 1.29 is 13.5 Å². The molecule has 0 spiro atoms. The molecule has 0 aromatic heterocycles. The summed E-state index contributed by atoms with van der Waals surface area (Å²) in [7, 11) is -1.51. The second-order valence-corrected chi connectivity index (χ2v) is 7.55. The van der Waals surface area contributed by atoms with Crippen LogP contribution in [-0.2, 0) is 16.6 Å². The van der Waals surface area contributed by atoms with Crippen LogP contribution in [0.1, 0.15) is 29.5 Å². The van der Waals surface area contributed by atoms with Gasteiger partial charge in [-0.25, -0.2) is 13.1 Å². The third-order valence-electron chi connectivity index (χ3n) is 4.02. The largest absolute Gasteiger partial charge is 0.392 e. The van der Waals surface area contributed by atoms with E-state index in [2.05, 4.69) is 9.62 Å². The van der Waals surface area contributed by atoms with Crippen LogP contribution < -0.4 is 4.72 Å². The summed E-state index contributed by atoms with van der Waals surface area (Å²) in [5.41, 5.74) is 2.26. The van der Waals surface area contributed by atoms with Crippen LogP contribution in [-0.4, -0.2) is 44.6 Å². The average Bonchev–Trinajstić information content (AvgIpc) is 3.22. The molecule has 1 aromatic carbocycles. The van der Waals surface area contributed by atoms with Crippen molar-refractivity contribution >= 4 is 10.0 Å². The summed E-state index contributed by atoms with van der Waals surface area (Å²) in [6, 6.07) is 3.99. The Kier molecular flexibility index (Phi) is 5.03. The van der Waals surface area contributed by atoms with Crippen LogP contribution in [0.2, 0.25) is 0 Å². The lowest BCUT2D eigenvalue weighted by Crippen LogP contribution is -2.34. The Morgan fingerprint density at radius 1 is 1.29 bits per heavy atom. The Labute approximate surface area is 127 Å². The molecule has 0 atom stereocenters. The molecule has 1 fully saturated rings. The summed E-state index contributed by atoms with van der Waals surface area (Å²) in [6.07, 6.45) is 2.42. The van der Waals surface area contributed by atoms with Gasteiger partial charge in [-0.15, -0.1) is 0 Å². The van der Waals surface area contributed by atoms with E-state index in [9.17, 15) is 13.5 Å². The highest BCUT2D eigenvalue weighted by Crippen LogP contribution is 2.25. The lowest BCUT2D eigenvalue weighted by Gasteiger charge is -2.17. The molecule has 0 unspecified atom stereocenters. The maximum Gasteiger partial charge on any atom is 0.240 e. The molecule has 0 aliphatic heterocycles. The Hall–Kier alpha value is -0.950. The summed E-state index contributed by atoms with van der Waals surface area (Å²) >= 11 is 0. The number of aliphatic hydroxyl groups excluding tert-OH is 1. The van der Waals surface area contributed by atoms with Gasteiger partial charge in [0.05, 0.1) is 11.5 Å². The molecule has 6 heteroatoms. The van der Waals surface area contributed by atoms with E-state index in [4.69, 9.17) is 0 Å². The van der Waals surface area contributed by atoms with Crippen molar-refractivity contribution in [1.29, 1.82) is 0 Å². The summed E-state index contributed by atoms with van der Waals surface area (Å²) < 4.78 is 27.4. The van der Waals surface area contributed by atoms with Crippen molar-refractivity contribution in [1.82, 2.24) is 9.62 Å². The Morgan fingerprint density at radius 2 is 1.95 bits per heavy atom. The lowest BCUT2D eigenvalue weighted by molar-refractivity contribution is 0.280. The SMILES string of the molecule is Cc1cc(C)c(S(=O)(=O)NCCN(C)C2CC2)cc1CO. The fourth-order valence-corrected chi connectivity index (χ4v) is 3.76. The van der Waals surface area contributed by atoms with E-state index in [0.29, 0.717) is 30.3 Å². The molecule has 2 rings (SSSR count). The van der Waals surface area contributed by atoms with Crippen LogP contribution >= 0.6 is 0 Å². The Bertz CT molecular complexity index is 610. The number of aliphatic hydroxyl groups is 1. The predicted octanol–water partition coefficient (Wildman–Crippen LogP) is 1.17. The molecule has 0 bridgehead atoms. The smallest absolute Gasteiger partial charge is 0.240 e. The first-order chi connectivity index (χ1) is 9.85. The van der Waals surface area contributed by atoms with Gasteiger partial charge in [0.15, 0.2) is 0 Å². The van der Waals surface area contributed by atoms with Gasteiger partial charge in [0.25, 0.3) is 0 Å². The third kappa shape index (κ3) is 4.03. The zero-order chi connectivity index (χ0) is 15.6. The normalized spacial score (nSPS) is 15.7. The average molecular weight is 312 g/mol. The van der Waals surface area contributed by atoms with Crippen molar-refractivity contribution in [2.24, 2.45) is 0 Å². The second-order valence-electron chi connectivity index (χ2n) is 5.81. The highest BCUT2D eigenvalue weighted by atomic mass is 32.2. The van der Waals surface area contributed by atoms with Crippen LogP contribution in [0.5, 0.6) is 0 Å². The van der Waals surface area contributed by atoms with Crippen molar-refractivity contribution in [3.63, 3.8) is 0 Å². The van der Waals surface area contributed by atoms with Crippen LogP contribution in [0.4, 0.5) is 0 Å². The van der Waals surface area contributed by atoms with E-state index in [-0.39, 0.29) is 11.5 Å². The van der Waals surface area contributed by atoms with E-state index in [1.54, 1.807) is 19.1 Å². The standard InChI is InChI=1S/C15H24N2O3S/c1-11-8-12(2)15(9-13(11)10-18)21(19,20)16-6-7-17(3)14-4-5-14/h8-9,14,16,18H,4-7,10H2,1-3H3. The Balaban J connectivity index is 2.07. The van der Waals surface area contributed by atoms with Gasteiger partial charge < -0.3 is 10.0 Å². The molecular weight excluding hydrogens is 288 g/mol. The van der Waals surface area contributed by atoms with E-state index >= 15 is 0 Å². The molecule has 1 saturated carbocycles. The predicted molar refractivity (Wildman–Crippen MR) is 82.7 cm³/mol. The molecule has 0 radical (unpaired) electrons. The molecule has 1 aliphatic carbocycles. The first-order valence-electron chi connectivity index (χ1n) is 7.26. The number of likely N-dealkylation sites (N-methyl/N-ethyl adjacent to an activating group) is 1. The summed E-state index contributed by atoms with van der Waals surface area (Å²) in [6.45, 7) is 4.60. The number of nitrogens with one attached hydrogen (secondary N) is 1. The number of nitrogens with zero attached hydrogens (tertiary/aromatic N) is 1. The van der Waals surface area contributed by atoms with Crippen molar-refractivity contribution in [3.05, 3.63) is 28.8 Å². The topological polar surface area (TPSA) is 69.6 Å². The maximum absolute atomic E-state index is 12.4. The van der Waals surface area contributed by atoms with Gasteiger partial charge in [-0.3, -0.25) is 0 Å². The van der Waals surface area contributed by atoms with Crippen molar-refractivity contribution in [3.8, 4) is 0 Å². The lowest BCUT2D eigenvalue weighted by atomic mass is 10.1. The highest BCUT2D eigenvalue weighted by Gasteiger charge is 2.26. The van der Waals surface area contributed by atoms with E-state index in [1.807, 2.05) is 14.0 Å². The van der Waals surface area contributed by atoms with E-state index in [1.165, 1.54) is 12.8 Å². The van der Waals surface area contributed by atoms with Gasteiger partial charge in [0, 0.05) is 19.1 Å². The zero-order valence-corrected chi connectivity index (χ0v) is 13.7. The fraction of sp³-hybridized carbons (Fsp3) is 0.600. The van der Waals surface area contributed by atoms with Crippen molar-refractivity contribution in [2.45, 2.75) is 44.2 Å². The van der Waals surface area contributed by atoms with Crippen LogP contribution in [0.3, 0.4) is 0 Å². The quantitative estimate of drug-likeness (QED) is 0.793. The first-order valence-corrected chi connectivity index (χ1v) is 8.74. The number of rotatable bonds is 7. The number of benzene rings is 1. The summed E-state index contributed by atoms with van der Waals surface area (Å²) in [5.74, 6) is 0. The number of hydrogen-bond donors (Lipinski definition) is 2. The van der Waals surface area contributed by atoms with Crippen LogP contribution in [0.15, 0.2) is 17.0 Å². The van der Waals surface area contributed by atoms with Gasteiger partial charge in [0.2, 0.25) is 10.0 Å². The summed E-state index contributed by atoms with van der Waals surface area (Å²) in [5, 5.41) is 9.29. The zero-order valence-electron chi connectivity index (χ0n) is 12.9. The van der Waals surface area contributed by atoms with Crippen LogP contribution in [0, 0.1) is 13.8 Å². The third-order valence-corrected chi connectivity index (χ3v) is 5.62. The molecule has 1 aromatic rings. The minimum atomic E-state index is -3.53. The van der Waals surface area contributed by atoms with Gasteiger partial charge in [-0.1, -0.05) is 6.07 Å². The van der Waals surface area contributed by atoms with Gasteiger partial charge >= 0.3 is 0 Å². The van der Waals surface area contributed by atoms with E-state index in [0.717, 1.165) is 5.56 Å². The highest BCUT2D eigenvalue weighted by molar-refractivity contribution is 7.89. The van der Waals surface area contributed by atoms with Gasteiger partial charge in [-0.05, 0) is 56.5 Å². The monoisotopic (exact) mass is 312 g/mol. The molecule has 0 amide bonds. The molecule has 2 N–H and O–H groups in total. The molecule has 0 heterocycles. The number of sulfonamides is 1. The maximum atomic E-state index is 12.4. The van der Waals surface area contributed by atoms with Crippen molar-refractivity contribution in [2.75, 3.05) is 20.1 Å². The molecular formula is C15H24N2O3S. The number of aryl methyl sites for hydroxylation is 2. The second kappa shape index (κ2) is 6.44. The molecule has 21 heavy (non-hydrogen) atoms. The number of hydrogen-bond acceptors (Lipinski definition) is 4. The molecule has 0 saturated heterocycles. The van der Waals surface area contributed by atoms with Gasteiger partial charge in [-0.2, -0.15) is 0 Å². The molecule has 5 nitrogen and oxygen atoms in total. The van der Waals surface area contributed by atoms with E-state index < -0.39 is 10.0 Å². The van der Waals surface area contributed by atoms with Gasteiger partial charge in [0.1, 0.15) is 0 Å². The van der Waals surface area contributed by atoms with Crippen LogP contribution in [0.25, 0.3) is 0 Å². The molecule has 1 aliphatic rings. The molecule has 118 valence electrons. The Morgan fingerprint density at radius 3 is 2.52 bits per heavy atom. The summed E-state index contributed by atoms with van der Waals surface area (Å²) in [4.78, 5) is 2.44. The minimum absolute atomic E-state index is 0.154.